The van der Waals surface area contributed by atoms with Gasteiger partial charge in [0.2, 0.25) is 11.2 Å². The van der Waals surface area contributed by atoms with Gasteiger partial charge in [-0.25, -0.2) is 0 Å². The molecule has 0 radical (unpaired) electrons. The number of fused-ring (bicyclic) bond motifs is 1. The largest absolute Gasteiger partial charge is 0.484 e. The number of amides is 1. The second-order valence-corrected chi connectivity index (χ2v) is 9.22. The lowest BCUT2D eigenvalue weighted by Crippen LogP contribution is -2.20. The summed E-state index contributed by atoms with van der Waals surface area (Å²) in [4.78, 5) is 25.3. The maximum atomic E-state index is 13.0. The third-order valence-corrected chi connectivity index (χ3v) is 6.33. The van der Waals surface area contributed by atoms with E-state index in [9.17, 15) is 9.59 Å². The number of hydrogen-bond donors (Lipinski definition) is 1. The zero-order valence-corrected chi connectivity index (χ0v) is 21.7. The van der Waals surface area contributed by atoms with Crippen molar-refractivity contribution in [3.05, 3.63) is 119 Å². The van der Waals surface area contributed by atoms with Gasteiger partial charge in [0.1, 0.15) is 23.3 Å². The first-order valence-electron chi connectivity index (χ1n) is 13.0. The van der Waals surface area contributed by atoms with E-state index in [4.69, 9.17) is 13.9 Å². The van der Waals surface area contributed by atoms with Gasteiger partial charge in [0, 0.05) is 11.8 Å². The molecule has 1 amide bonds. The van der Waals surface area contributed by atoms with Crippen molar-refractivity contribution in [3.8, 4) is 28.4 Å². The zero-order chi connectivity index (χ0) is 27.0. The van der Waals surface area contributed by atoms with E-state index >= 15 is 0 Å². The van der Waals surface area contributed by atoms with Crippen molar-refractivity contribution in [1.82, 2.24) is 0 Å². The summed E-state index contributed by atoms with van der Waals surface area (Å²) in [5.74, 6) is 0.757. The normalized spacial score (nSPS) is 10.8. The standard InChI is InChI=1S/C33H29NO5/c1-2-3-7-23-10-14-26(15-11-23)34-32(35)22-37-28-18-19-29-30(20-28)38-21-31(33(29)36)39-27-16-12-25(13-17-27)24-8-5-4-6-9-24/h4-6,8-21H,2-3,7,22H2,1H3,(H,34,35). The van der Waals surface area contributed by atoms with Gasteiger partial charge in [-0.15, -0.1) is 0 Å². The summed E-state index contributed by atoms with van der Waals surface area (Å²) in [6.45, 7) is 1.99. The third kappa shape index (κ3) is 6.54. The number of nitrogens with one attached hydrogen (secondary N) is 1. The lowest BCUT2D eigenvalue weighted by atomic mass is 10.1. The van der Waals surface area contributed by atoms with Gasteiger partial charge in [-0.3, -0.25) is 9.59 Å². The van der Waals surface area contributed by atoms with Crippen molar-refractivity contribution in [2.75, 3.05) is 11.9 Å². The van der Waals surface area contributed by atoms with E-state index in [1.54, 1.807) is 18.2 Å². The lowest BCUT2D eigenvalue weighted by Gasteiger charge is -2.10. The summed E-state index contributed by atoms with van der Waals surface area (Å²) in [5, 5.41) is 3.19. The smallest absolute Gasteiger partial charge is 0.262 e. The van der Waals surface area contributed by atoms with Gasteiger partial charge in [0.15, 0.2) is 6.61 Å². The highest BCUT2D eigenvalue weighted by Gasteiger charge is 2.12. The molecule has 0 aliphatic rings. The highest BCUT2D eigenvalue weighted by Crippen LogP contribution is 2.27. The second kappa shape index (κ2) is 12.1. The first kappa shape index (κ1) is 25.8. The molecule has 0 spiro atoms. The molecule has 5 rings (SSSR count). The van der Waals surface area contributed by atoms with Crippen LogP contribution in [0.1, 0.15) is 25.3 Å². The summed E-state index contributed by atoms with van der Waals surface area (Å²) >= 11 is 0. The molecule has 0 saturated carbocycles. The predicted octanol–water partition coefficient (Wildman–Crippen LogP) is 7.61. The van der Waals surface area contributed by atoms with Gasteiger partial charge in [-0.1, -0.05) is 67.9 Å². The van der Waals surface area contributed by atoms with Gasteiger partial charge < -0.3 is 19.2 Å². The number of rotatable bonds is 10. The fourth-order valence-corrected chi connectivity index (χ4v) is 4.21. The van der Waals surface area contributed by atoms with E-state index in [2.05, 4.69) is 12.2 Å². The molecule has 196 valence electrons. The minimum Gasteiger partial charge on any atom is -0.484 e. The SMILES string of the molecule is CCCCc1ccc(NC(=O)COc2ccc3c(=O)c(Oc4ccc(-c5ccccc5)cc4)coc3c2)cc1. The van der Waals surface area contributed by atoms with Crippen LogP contribution in [0, 0.1) is 0 Å². The fraction of sp³-hybridized carbons (Fsp3) is 0.152. The number of aryl methyl sites for hydroxylation is 1. The Morgan fingerprint density at radius 1 is 0.846 bits per heavy atom. The molecule has 0 unspecified atom stereocenters. The Bertz CT molecular complexity index is 1610. The molecule has 1 N–H and O–H groups in total. The molecule has 0 aliphatic heterocycles. The van der Waals surface area contributed by atoms with Gasteiger partial charge in [0.25, 0.3) is 5.91 Å². The van der Waals surface area contributed by atoms with E-state index in [0.29, 0.717) is 22.5 Å². The summed E-state index contributed by atoms with van der Waals surface area (Å²) in [5.41, 5.74) is 4.16. The van der Waals surface area contributed by atoms with Crippen LogP contribution >= 0.6 is 0 Å². The van der Waals surface area contributed by atoms with Gasteiger partial charge in [-0.05, 0) is 65.9 Å². The van der Waals surface area contributed by atoms with Gasteiger partial charge >= 0.3 is 0 Å². The average molecular weight is 520 g/mol. The van der Waals surface area contributed by atoms with Crippen molar-refractivity contribution in [2.45, 2.75) is 26.2 Å². The molecular formula is C33H29NO5. The number of unbranched alkanes of at least 4 members (excludes halogenated alkanes) is 1. The Hall–Kier alpha value is -4.84. The average Bonchev–Trinajstić information content (AvgIpc) is 2.98. The molecule has 0 bridgehead atoms. The molecule has 1 heterocycles. The van der Waals surface area contributed by atoms with Crippen LogP contribution in [0.25, 0.3) is 22.1 Å². The minimum atomic E-state index is -0.296. The fourth-order valence-electron chi connectivity index (χ4n) is 4.21. The molecule has 6 nitrogen and oxygen atoms in total. The Morgan fingerprint density at radius 2 is 1.56 bits per heavy atom. The topological polar surface area (TPSA) is 77.8 Å². The Kier molecular flexibility index (Phi) is 8.03. The predicted molar refractivity (Wildman–Crippen MR) is 154 cm³/mol. The van der Waals surface area contributed by atoms with E-state index in [1.807, 2.05) is 78.9 Å². The monoisotopic (exact) mass is 519 g/mol. The molecule has 6 heteroatoms. The lowest BCUT2D eigenvalue weighted by molar-refractivity contribution is -0.118. The van der Waals surface area contributed by atoms with Crippen LogP contribution < -0.4 is 20.2 Å². The number of carbonyl (C=O) groups excluding carboxylic acids is 1. The highest BCUT2D eigenvalue weighted by molar-refractivity contribution is 5.92. The second-order valence-electron chi connectivity index (χ2n) is 9.22. The zero-order valence-electron chi connectivity index (χ0n) is 21.7. The van der Waals surface area contributed by atoms with Crippen LogP contribution in [-0.4, -0.2) is 12.5 Å². The third-order valence-electron chi connectivity index (χ3n) is 6.33. The van der Waals surface area contributed by atoms with E-state index < -0.39 is 0 Å². The minimum absolute atomic E-state index is 0.0868. The first-order chi connectivity index (χ1) is 19.1. The molecule has 4 aromatic carbocycles. The van der Waals surface area contributed by atoms with Crippen LogP contribution in [0.3, 0.4) is 0 Å². The Morgan fingerprint density at radius 3 is 2.31 bits per heavy atom. The van der Waals surface area contributed by atoms with E-state index in [0.717, 1.165) is 36.1 Å². The maximum Gasteiger partial charge on any atom is 0.262 e. The molecule has 0 aliphatic carbocycles. The van der Waals surface area contributed by atoms with Crippen LogP contribution in [0.15, 0.2) is 113 Å². The van der Waals surface area contributed by atoms with Crippen molar-refractivity contribution >= 4 is 22.6 Å². The van der Waals surface area contributed by atoms with Crippen molar-refractivity contribution in [1.29, 1.82) is 0 Å². The van der Waals surface area contributed by atoms with Gasteiger partial charge in [-0.2, -0.15) is 0 Å². The Balaban J connectivity index is 1.20. The summed E-state index contributed by atoms with van der Waals surface area (Å²) in [7, 11) is 0. The molecule has 0 atom stereocenters. The van der Waals surface area contributed by atoms with Crippen LogP contribution in [0.2, 0.25) is 0 Å². The van der Waals surface area contributed by atoms with E-state index in [-0.39, 0.29) is 23.7 Å². The summed E-state index contributed by atoms with van der Waals surface area (Å²) in [6, 6.07) is 30.2. The van der Waals surface area contributed by atoms with Crippen LogP contribution in [0.4, 0.5) is 5.69 Å². The number of hydrogen-bond acceptors (Lipinski definition) is 5. The number of carbonyl (C=O) groups is 1. The maximum absolute atomic E-state index is 13.0. The summed E-state index contributed by atoms with van der Waals surface area (Å²) in [6.07, 6.45) is 4.60. The number of anilines is 1. The molecule has 0 fully saturated rings. The highest BCUT2D eigenvalue weighted by atomic mass is 16.5. The van der Waals surface area contributed by atoms with E-state index in [1.165, 1.54) is 11.8 Å². The molecule has 0 saturated heterocycles. The molecular weight excluding hydrogens is 490 g/mol. The molecule has 39 heavy (non-hydrogen) atoms. The molecule has 1 aromatic heterocycles. The molecule has 5 aromatic rings. The van der Waals surface area contributed by atoms with Gasteiger partial charge in [0.05, 0.1) is 5.39 Å². The first-order valence-corrected chi connectivity index (χ1v) is 13.0. The quantitative estimate of drug-likeness (QED) is 0.205. The van der Waals surface area contributed by atoms with Crippen molar-refractivity contribution < 1.29 is 18.7 Å². The number of benzene rings is 4. The number of ether oxygens (including phenoxy) is 2. The summed E-state index contributed by atoms with van der Waals surface area (Å²) < 4.78 is 17.1. The van der Waals surface area contributed by atoms with Crippen LogP contribution in [0.5, 0.6) is 17.2 Å². The van der Waals surface area contributed by atoms with Crippen molar-refractivity contribution in [3.63, 3.8) is 0 Å². The van der Waals surface area contributed by atoms with Crippen LogP contribution in [-0.2, 0) is 11.2 Å². The Labute approximate surface area is 226 Å². The van der Waals surface area contributed by atoms with Crippen molar-refractivity contribution in [2.24, 2.45) is 0 Å².